The van der Waals surface area contributed by atoms with Crippen molar-refractivity contribution >= 4 is 11.8 Å². The molecule has 1 aromatic heterocycles. The molecular weight excluding hydrogens is 168 g/mol. The largest absolute Gasteiger partial charge is 0.336 e. The molecule has 0 radical (unpaired) electrons. The highest BCUT2D eigenvalue weighted by Gasteiger charge is 2.02. The minimum Gasteiger partial charge on any atom is -0.336 e. The van der Waals surface area contributed by atoms with Crippen LogP contribution in [0.1, 0.15) is 13.8 Å². The van der Waals surface area contributed by atoms with Crippen molar-refractivity contribution in [2.75, 3.05) is 5.32 Å². The first-order chi connectivity index (χ1) is 6.18. The van der Waals surface area contributed by atoms with E-state index in [1.165, 1.54) is 0 Å². The fraction of sp³-hybridized carbons (Fsp3) is 0.375. The topological polar surface area (TPSA) is 66.9 Å². The van der Waals surface area contributed by atoms with E-state index in [2.05, 4.69) is 20.8 Å². The Kier molecular flexibility index (Phi) is 3.19. The van der Waals surface area contributed by atoms with Crippen LogP contribution in [0.2, 0.25) is 0 Å². The van der Waals surface area contributed by atoms with Crippen LogP contribution in [0, 0.1) is 0 Å². The minimum atomic E-state index is -0.268. The van der Waals surface area contributed by atoms with Crippen molar-refractivity contribution in [3.8, 4) is 0 Å². The third kappa shape index (κ3) is 3.50. The molecule has 0 aliphatic heterocycles. The van der Waals surface area contributed by atoms with Crippen LogP contribution in [0.15, 0.2) is 18.3 Å². The van der Waals surface area contributed by atoms with Crippen molar-refractivity contribution in [2.45, 2.75) is 19.9 Å². The zero-order valence-corrected chi connectivity index (χ0v) is 7.61. The van der Waals surface area contributed by atoms with E-state index in [0.717, 1.165) is 0 Å². The van der Waals surface area contributed by atoms with Gasteiger partial charge in [-0.05, 0) is 26.0 Å². The lowest BCUT2D eigenvalue weighted by atomic mass is 10.4. The Labute approximate surface area is 76.6 Å². The number of carbonyl (C=O) groups is 1. The number of amides is 2. The number of urea groups is 1. The van der Waals surface area contributed by atoms with Crippen molar-refractivity contribution in [2.24, 2.45) is 0 Å². The van der Waals surface area contributed by atoms with Gasteiger partial charge in [0.1, 0.15) is 0 Å². The molecule has 70 valence electrons. The number of hydrogen-bond acceptors (Lipinski definition) is 3. The maximum atomic E-state index is 11.1. The van der Waals surface area contributed by atoms with Gasteiger partial charge in [-0.1, -0.05) is 0 Å². The highest BCUT2D eigenvalue weighted by molar-refractivity contribution is 5.88. The van der Waals surface area contributed by atoms with Gasteiger partial charge in [0.2, 0.25) is 0 Å². The number of anilines is 1. The molecule has 0 unspecified atom stereocenters. The van der Waals surface area contributed by atoms with Crippen molar-refractivity contribution < 1.29 is 4.79 Å². The predicted molar refractivity (Wildman–Crippen MR) is 49.3 cm³/mol. The zero-order chi connectivity index (χ0) is 9.68. The zero-order valence-electron chi connectivity index (χ0n) is 7.61. The van der Waals surface area contributed by atoms with E-state index in [4.69, 9.17) is 0 Å². The Morgan fingerprint density at radius 3 is 2.85 bits per heavy atom. The van der Waals surface area contributed by atoms with Crippen LogP contribution in [0.4, 0.5) is 10.6 Å². The lowest BCUT2D eigenvalue weighted by Gasteiger charge is -2.08. The first-order valence-electron chi connectivity index (χ1n) is 4.03. The Bertz CT molecular complexity index is 273. The average Bonchev–Trinajstić information content (AvgIpc) is 2.04. The second-order valence-corrected chi connectivity index (χ2v) is 2.86. The van der Waals surface area contributed by atoms with Gasteiger partial charge in [0.05, 0.1) is 0 Å². The molecule has 0 atom stereocenters. The van der Waals surface area contributed by atoms with Crippen LogP contribution in [-0.4, -0.2) is 22.3 Å². The Morgan fingerprint density at radius 2 is 2.31 bits per heavy atom. The third-order valence-corrected chi connectivity index (χ3v) is 1.23. The number of hydrogen-bond donors (Lipinski definition) is 2. The van der Waals surface area contributed by atoms with Crippen LogP contribution in [0.25, 0.3) is 0 Å². The van der Waals surface area contributed by atoms with E-state index in [1.54, 1.807) is 18.3 Å². The monoisotopic (exact) mass is 180 g/mol. The van der Waals surface area contributed by atoms with E-state index in [-0.39, 0.29) is 12.1 Å². The van der Waals surface area contributed by atoms with E-state index in [0.29, 0.717) is 5.82 Å². The molecule has 2 amide bonds. The van der Waals surface area contributed by atoms with E-state index >= 15 is 0 Å². The summed E-state index contributed by atoms with van der Waals surface area (Å²) in [6.45, 7) is 3.77. The quantitative estimate of drug-likeness (QED) is 0.713. The van der Waals surface area contributed by atoms with E-state index in [1.807, 2.05) is 13.8 Å². The number of carbonyl (C=O) groups excluding carboxylic acids is 1. The summed E-state index contributed by atoms with van der Waals surface area (Å²) in [5, 5.41) is 12.6. The fourth-order valence-electron chi connectivity index (χ4n) is 0.783. The van der Waals surface area contributed by atoms with Gasteiger partial charge in [-0.25, -0.2) is 4.79 Å². The minimum absolute atomic E-state index is 0.108. The molecular formula is C8H12N4O. The summed E-state index contributed by atoms with van der Waals surface area (Å²) in [5.74, 6) is 0.445. The molecule has 0 aliphatic rings. The molecule has 0 aliphatic carbocycles. The Morgan fingerprint density at radius 1 is 1.54 bits per heavy atom. The fourth-order valence-corrected chi connectivity index (χ4v) is 0.783. The summed E-state index contributed by atoms with van der Waals surface area (Å²) in [7, 11) is 0. The molecule has 5 heteroatoms. The summed E-state index contributed by atoms with van der Waals surface area (Å²) in [5.41, 5.74) is 0. The average molecular weight is 180 g/mol. The van der Waals surface area contributed by atoms with Gasteiger partial charge in [0.15, 0.2) is 5.82 Å². The van der Waals surface area contributed by atoms with Gasteiger partial charge in [-0.3, -0.25) is 5.32 Å². The summed E-state index contributed by atoms with van der Waals surface area (Å²) >= 11 is 0. The molecule has 1 rings (SSSR count). The standard InChI is InChI=1S/C8H12N4O/c1-6(2)10-8(13)11-7-4-3-5-9-12-7/h3-6H,1-2H3,(H2,10,11,12,13). The lowest BCUT2D eigenvalue weighted by molar-refractivity contribution is 0.250. The molecule has 13 heavy (non-hydrogen) atoms. The first-order valence-corrected chi connectivity index (χ1v) is 4.03. The predicted octanol–water partition coefficient (Wildman–Crippen LogP) is 1.01. The van der Waals surface area contributed by atoms with Crippen molar-refractivity contribution in [1.29, 1.82) is 0 Å². The van der Waals surface area contributed by atoms with Crippen LogP contribution >= 0.6 is 0 Å². The highest BCUT2D eigenvalue weighted by Crippen LogP contribution is 1.96. The number of rotatable bonds is 2. The third-order valence-electron chi connectivity index (χ3n) is 1.23. The Hall–Kier alpha value is -1.65. The van der Waals surface area contributed by atoms with Crippen molar-refractivity contribution in [3.63, 3.8) is 0 Å². The van der Waals surface area contributed by atoms with Crippen LogP contribution in [0.3, 0.4) is 0 Å². The van der Waals surface area contributed by atoms with Gasteiger partial charge in [-0.2, -0.15) is 5.10 Å². The SMILES string of the molecule is CC(C)NC(=O)Nc1cccnn1. The lowest BCUT2D eigenvalue weighted by Crippen LogP contribution is -2.34. The highest BCUT2D eigenvalue weighted by atomic mass is 16.2. The maximum Gasteiger partial charge on any atom is 0.320 e. The molecule has 0 saturated heterocycles. The molecule has 0 spiro atoms. The number of nitrogens with zero attached hydrogens (tertiary/aromatic N) is 2. The van der Waals surface area contributed by atoms with E-state index in [9.17, 15) is 4.79 Å². The molecule has 0 aromatic carbocycles. The van der Waals surface area contributed by atoms with Gasteiger partial charge < -0.3 is 5.32 Å². The smallest absolute Gasteiger partial charge is 0.320 e. The molecule has 1 heterocycles. The van der Waals surface area contributed by atoms with Crippen LogP contribution in [-0.2, 0) is 0 Å². The number of aromatic nitrogens is 2. The van der Waals surface area contributed by atoms with Crippen LogP contribution in [0.5, 0.6) is 0 Å². The van der Waals surface area contributed by atoms with E-state index < -0.39 is 0 Å². The van der Waals surface area contributed by atoms with Gasteiger partial charge in [-0.15, -0.1) is 5.10 Å². The second kappa shape index (κ2) is 4.39. The van der Waals surface area contributed by atoms with Crippen molar-refractivity contribution in [3.05, 3.63) is 18.3 Å². The van der Waals surface area contributed by atoms with Crippen LogP contribution < -0.4 is 10.6 Å². The molecule has 0 saturated carbocycles. The van der Waals surface area contributed by atoms with Crippen molar-refractivity contribution in [1.82, 2.24) is 15.5 Å². The van der Waals surface area contributed by atoms with Gasteiger partial charge in [0, 0.05) is 12.2 Å². The number of nitrogens with one attached hydrogen (secondary N) is 2. The maximum absolute atomic E-state index is 11.1. The van der Waals surface area contributed by atoms with Gasteiger partial charge >= 0.3 is 6.03 Å². The summed E-state index contributed by atoms with van der Waals surface area (Å²) in [6.07, 6.45) is 1.55. The second-order valence-electron chi connectivity index (χ2n) is 2.86. The Balaban J connectivity index is 2.46. The molecule has 5 nitrogen and oxygen atoms in total. The summed E-state index contributed by atoms with van der Waals surface area (Å²) in [6, 6.07) is 3.22. The normalized spacial score (nSPS) is 9.77. The molecule has 0 fully saturated rings. The first kappa shape index (κ1) is 9.44. The summed E-state index contributed by atoms with van der Waals surface area (Å²) < 4.78 is 0. The molecule has 2 N–H and O–H groups in total. The molecule has 1 aromatic rings. The van der Waals surface area contributed by atoms with Gasteiger partial charge in [0.25, 0.3) is 0 Å². The summed E-state index contributed by atoms with van der Waals surface area (Å²) in [4.78, 5) is 11.1. The molecule has 0 bridgehead atoms.